The number of Topliss-reactive ketones (excluding diaryl/α,β-unsaturated/α-hetero) is 1. The van der Waals surface area contributed by atoms with Gasteiger partial charge in [-0.3, -0.25) is 37.7 Å². The number of rotatable bonds is 41. The molecule has 3 unspecified atom stereocenters. The number of esters is 2. The number of carbonyl (C=O) groups is 7. The van der Waals surface area contributed by atoms with Crippen LogP contribution in [0.2, 0.25) is 77.1 Å². The zero-order valence-electron chi connectivity index (χ0n) is 73.7. The summed E-state index contributed by atoms with van der Waals surface area (Å²) in [6.07, 6.45) is 8.48. The molecule has 0 saturated carbocycles. The molecule has 0 radical (unpaired) electrons. The van der Waals surface area contributed by atoms with Crippen LogP contribution in [-0.2, 0) is 57.2 Å². The first-order valence-corrected chi connectivity index (χ1v) is 61.3. The topological polar surface area (TPSA) is 440 Å². The van der Waals surface area contributed by atoms with Crippen molar-refractivity contribution in [2.24, 2.45) is 0 Å². The van der Waals surface area contributed by atoms with Crippen molar-refractivity contribution in [2.75, 3.05) is 73.0 Å². The number of ether oxygens (including phenoxy) is 8. The van der Waals surface area contributed by atoms with Crippen LogP contribution in [0.1, 0.15) is 164 Å². The fourth-order valence-electron chi connectivity index (χ4n) is 13.5. The summed E-state index contributed by atoms with van der Waals surface area (Å²) in [5, 5.41) is 40.1. The lowest BCUT2D eigenvalue weighted by atomic mass is 10.1. The Kier molecular flexibility index (Phi) is 42.6. The minimum absolute atomic E-state index is 0. The molecular formula is C83H131N18O17S6Si3-. The summed E-state index contributed by atoms with van der Waals surface area (Å²) in [7, 11) is 6.76. The second-order valence-corrected chi connectivity index (χ2v) is 59.9. The van der Waals surface area contributed by atoms with E-state index in [2.05, 4.69) is 131 Å². The Hall–Kier alpha value is -7.25. The van der Waals surface area contributed by atoms with E-state index in [4.69, 9.17) is 42.9 Å². The molecule has 13 rings (SSSR count). The molecule has 12 heterocycles. The minimum atomic E-state index is -1.36. The number of ketones is 1. The molecule has 3 amide bonds. The fraction of sp³-hybridized carbons (Fsp3) is 0.663. The molecule has 127 heavy (non-hydrogen) atoms. The van der Waals surface area contributed by atoms with Gasteiger partial charge in [0.15, 0.2) is 33.5 Å². The molecule has 44 heteroatoms. The molecule has 1 aromatic carbocycles. The quantitative estimate of drug-likeness (QED) is 0.00810. The van der Waals surface area contributed by atoms with E-state index < -0.39 is 79.3 Å². The summed E-state index contributed by atoms with van der Waals surface area (Å²) in [6, 6.07) is 14.9. The molecule has 6 aromatic heterocycles. The van der Waals surface area contributed by atoms with E-state index in [0.29, 0.717) is 150 Å². The number of nitrogens with one attached hydrogen (secondary N) is 6. The number of carboxylic acids is 1. The lowest BCUT2D eigenvalue weighted by Gasteiger charge is -2.17. The highest BCUT2D eigenvalue weighted by atomic mass is 33.1. The summed E-state index contributed by atoms with van der Waals surface area (Å²) in [6.45, 7) is 30.0. The van der Waals surface area contributed by atoms with Crippen LogP contribution < -0.4 is 51.2 Å². The number of amides is 3. The predicted molar refractivity (Wildman–Crippen MR) is 512 cm³/mol. The Morgan fingerprint density at radius 3 is 1.06 bits per heavy atom. The second kappa shape index (κ2) is 51.5. The SMILES string of the molecule is C.C.CC[C@H]1O[C@@H](n2cnc3c(OCC[Si](C)(C)C)nc(NCNC(=O)CC4CCSS4)nc32)C[C@H]1O.CC[C@H]1O[C@@H](n2cnc3c(OCC[Si](C)(C)C)nc(NCNC(=O)CC4CCSS4)nc32)C[C@H]1OC(=O)CCC(=O)[O-].CC[C@H]1O[C@@H](n2cnc3c(OCC[Si](C)(C)C)nc(NCNC(=O)CC4CCSS4)nc32)C[C@H]1OC(=O)CCC(C)=O.c1ccccc1. The number of aliphatic hydroxyl groups excluding tert-OH is 1. The van der Waals surface area contributed by atoms with Gasteiger partial charge in [0.1, 0.15) is 36.7 Å². The molecule has 0 spiro atoms. The molecule has 6 aliphatic rings. The summed E-state index contributed by atoms with van der Waals surface area (Å²) < 4.78 is 53.5. The van der Waals surface area contributed by atoms with E-state index in [1.807, 2.05) is 87.9 Å². The third kappa shape index (κ3) is 34.1. The summed E-state index contributed by atoms with van der Waals surface area (Å²) in [5.41, 5.74) is 3.11. The zero-order valence-corrected chi connectivity index (χ0v) is 81.6. The van der Waals surface area contributed by atoms with E-state index in [9.17, 15) is 43.8 Å². The van der Waals surface area contributed by atoms with Gasteiger partial charge in [0, 0.05) is 108 Å². The average Bonchev–Trinajstić information content (AvgIpc) is 1.50. The number of hydrogen-bond donors (Lipinski definition) is 7. The molecule has 704 valence electrons. The van der Waals surface area contributed by atoms with E-state index >= 15 is 0 Å². The number of aliphatic hydroxyl groups is 1. The van der Waals surface area contributed by atoms with Gasteiger partial charge in [0.05, 0.1) is 96.1 Å². The third-order valence-electron chi connectivity index (χ3n) is 20.6. The average molecular weight is 1930 g/mol. The maximum absolute atomic E-state index is 12.4. The highest BCUT2D eigenvalue weighted by Gasteiger charge is 2.42. The van der Waals surface area contributed by atoms with Gasteiger partial charge >= 0.3 is 11.9 Å². The van der Waals surface area contributed by atoms with Gasteiger partial charge in [-0.05, 0) is 70.0 Å². The number of benzene rings is 1. The molecule has 6 aliphatic heterocycles. The monoisotopic (exact) mass is 1930 g/mol. The maximum atomic E-state index is 12.4. The van der Waals surface area contributed by atoms with Gasteiger partial charge in [0.2, 0.25) is 53.2 Å². The number of aliphatic carboxylic acids is 1. The van der Waals surface area contributed by atoms with Gasteiger partial charge in [-0.15, -0.1) is 0 Å². The van der Waals surface area contributed by atoms with Crippen molar-refractivity contribution in [3.05, 3.63) is 55.4 Å². The molecule has 0 aliphatic carbocycles. The number of nitrogens with zero attached hydrogens (tertiary/aromatic N) is 12. The van der Waals surface area contributed by atoms with Crippen molar-refractivity contribution < 1.29 is 81.7 Å². The Bertz CT molecular complexity index is 4440. The number of carboxylic acid groups (broad SMARTS) is 1. The van der Waals surface area contributed by atoms with Gasteiger partial charge in [-0.1, -0.05) is 196 Å². The van der Waals surface area contributed by atoms with Crippen LogP contribution in [0.15, 0.2) is 55.4 Å². The van der Waals surface area contributed by atoms with Crippen molar-refractivity contribution in [3.63, 3.8) is 0 Å². The number of anilines is 3. The van der Waals surface area contributed by atoms with Gasteiger partial charge < -0.3 is 89.6 Å². The largest absolute Gasteiger partial charge is 0.550 e. The summed E-state index contributed by atoms with van der Waals surface area (Å²) >= 11 is 0. The standard InChI is InChI=1S/C27H42N6O6S2Si.C26H40N6O7S2Si.C22H36N6O4S2Si.C6H6.2CH4/c1-6-19-20(39-23(36)8-7-17(2)34)14-22(38-19)33-16-30-24-25(33)31-27(32-26(24)37-10-12-42(3,4)5)29-15-28-21(35)13-18-9-11-40-41-18;1-5-17-18(39-22(36)7-6-21(34)35)13-20(38-17)32-15-29-23-24(32)30-26(31-25(23)37-9-11-42(2,3)4)28-14-27-19(33)12-16-8-10-40-41-16;1-5-16-15(29)11-18(32-16)28-13-25-19-20(28)26-22(27-21(19)31-7-9-35(2,3)4)24-12-23-17(30)10-14-6-8-33-34-14;1-2-4-6-5-3-1;;/h16,18-20,22H,6-15H2,1-5H3,(H,28,35)(H,29,31,32);15-18,20H,5-14H2,1-4H3,(H,27,33)(H,34,35)(H,28,30,31);13-16,18,29H,5-12H2,1-4H3,(H,23,30)(H,24,26,27);1-6H;2*1H4/p-1/t18?,19-,20-,22-;16?,17-,18-,20-;14?,15-,16-,18-;;;/m111.../s1. The van der Waals surface area contributed by atoms with Crippen molar-refractivity contribution in [1.29, 1.82) is 0 Å². The van der Waals surface area contributed by atoms with E-state index in [1.165, 1.54) is 6.92 Å². The number of hydrogen-bond acceptors (Lipinski definition) is 35. The number of imidazole rings is 3. The smallest absolute Gasteiger partial charge is 0.306 e. The first-order valence-electron chi connectivity index (χ1n) is 43.0. The highest BCUT2D eigenvalue weighted by Crippen LogP contribution is 2.43. The Balaban J connectivity index is 0.000000227. The summed E-state index contributed by atoms with van der Waals surface area (Å²) in [5.74, 6) is 2.85. The van der Waals surface area contributed by atoms with Crippen LogP contribution in [0.4, 0.5) is 17.8 Å². The van der Waals surface area contributed by atoms with E-state index in [0.717, 1.165) is 61.1 Å². The molecule has 35 nitrogen and oxygen atoms in total. The van der Waals surface area contributed by atoms with Gasteiger partial charge in [0.25, 0.3) is 0 Å². The normalized spacial score (nSPS) is 21.9. The maximum Gasteiger partial charge on any atom is 0.306 e. The first kappa shape index (κ1) is 105. The fourth-order valence-corrected chi connectivity index (χ4v) is 24.4. The number of carbonyl (C=O) groups excluding carboxylic acids is 7. The Morgan fingerprint density at radius 2 is 0.780 bits per heavy atom. The Labute approximate surface area is 772 Å². The molecule has 0 bridgehead atoms. The molecule has 7 N–H and O–H groups in total. The van der Waals surface area contributed by atoms with Crippen molar-refractivity contribution in [2.45, 2.75) is 293 Å². The number of aromatic nitrogens is 12. The molecular weight excluding hydrogens is 1800 g/mol. The Morgan fingerprint density at radius 1 is 0.465 bits per heavy atom. The van der Waals surface area contributed by atoms with Crippen LogP contribution in [0.25, 0.3) is 33.5 Å². The number of fused-ring (bicyclic) bond motifs is 3. The van der Waals surface area contributed by atoms with Gasteiger partial charge in [-0.25, -0.2) is 15.0 Å². The van der Waals surface area contributed by atoms with Crippen molar-refractivity contribution in [1.82, 2.24) is 74.5 Å². The second-order valence-electron chi connectivity index (χ2n) is 34.6. The van der Waals surface area contributed by atoms with E-state index in [-0.39, 0.29) is 108 Å². The minimum Gasteiger partial charge on any atom is -0.550 e. The van der Waals surface area contributed by atoms with Gasteiger partial charge in [-0.2, -0.15) is 29.9 Å². The van der Waals surface area contributed by atoms with Crippen LogP contribution in [0, 0.1) is 0 Å². The van der Waals surface area contributed by atoms with Crippen LogP contribution in [-0.4, -0.2) is 239 Å². The van der Waals surface area contributed by atoms with Crippen LogP contribution >= 0.6 is 64.8 Å². The zero-order chi connectivity index (χ0) is 89.8. The lowest BCUT2D eigenvalue weighted by molar-refractivity contribution is -0.305. The molecule has 6 saturated heterocycles. The predicted octanol–water partition coefficient (Wildman–Crippen LogP) is 13.9. The lowest BCUT2D eigenvalue weighted by Crippen LogP contribution is -2.31. The van der Waals surface area contributed by atoms with Crippen LogP contribution in [0.3, 0.4) is 0 Å². The van der Waals surface area contributed by atoms with E-state index in [1.54, 1.807) is 66.7 Å². The molecule has 12 atom stereocenters. The summed E-state index contributed by atoms with van der Waals surface area (Å²) in [4.78, 5) is 125. The first-order chi connectivity index (χ1) is 59.8. The third-order valence-corrected chi connectivity index (χ3v) is 34.5. The molecule has 7 aromatic rings. The highest BCUT2D eigenvalue weighted by molar-refractivity contribution is 8.78. The van der Waals surface area contributed by atoms with Crippen molar-refractivity contribution >= 4 is 182 Å². The van der Waals surface area contributed by atoms with Crippen LogP contribution in [0.5, 0.6) is 17.6 Å². The molecule has 6 fully saturated rings. The van der Waals surface area contributed by atoms with Crippen molar-refractivity contribution in [3.8, 4) is 17.6 Å².